The predicted molar refractivity (Wildman–Crippen MR) is 77.5 cm³/mol. The van der Waals surface area contributed by atoms with Crippen molar-refractivity contribution in [2.24, 2.45) is 0 Å². The molecule has 2 fully saturated rings. The number of nitrogens with one attached hydrogen (secondary N) is 1. The summed E-state index contributed by atoms with van der Waals surface area (Å²) >= 11 is 0. The molecule has 3 rings (SSSR count). The lowest BCUT2D eigenvalue weighted by molar-refractivity contribution is 0.0603. The number of anilines is 1. The summed E-state index contributed by atoms with van der Waals surface area (Å²) in [4.78, 5) is 17.0. The molecule has 0 aliphatic carbocycles. The highest BCUT2D eigenvalue weighted by molar-refractivity contribution is 5.97. The van der Waals surface area contributed by atoms with Crippen LogP contribution in [0.4, 0.5) is 5.69 Å². The zero-order valence-corrected chi connectivity index (χ0v) is 12.1. The summed E-state index contributed by atoms with van der Waals surface area (Å²) in [6, 6.07) is 0.511. The maximum atomic E-state index is 12.5. The molecule has 1 aromatic rings. The highest BCUT2D eigenvalue weighted by Crippen LogP contribution is 2.23. The van der Waals surface area contributed by atoms with E-state index in [1.807, 2.05) is 11.8 Å². The molecule has 6 nitrogen and oxygen atoms in total. The summed E-state index contributed by atoms with van der Waals surface area (Å²) < 4.78 is 0. The Hall–Kier alpha value is -1.56. The second-order valence-corrected chi connectivity index (χ2v) is 5.90. The van der Waals surface area contributed by atoms with E-state index in [1.54, 1.807) is 0 Å². The molecule has 0 bridgehead atoms. The Bertz CT molecular complexity index is 492. The lowest BCUT2D eigenvalue weighted by Crippen LogP contribution is -2.49. The first kappa shape index (κ1) is 13.4. The maximum Gasteiger partial charge on any atom is 0.276 e. The number of carbonyl (C=O) groups excluding carboxylic acids is 1. The molecule has 0 saturated carbocycles. The number of nitrogen functional groups attached to an aromatic ring is 1. The minimum Gasteiger partial charge on any atom is -0.395 e. The van der Waals surface area contributed by atoms with E-state index in [1.165, 1.54) is 32.4 Å². The Kier molecular flexibility index (Phi) is 3.65. The number of aromatic amines is 1. The van der Waals surface area contributed by atoms with E-state index in [4.69, 9.17) is 5.73 Å². The van der Waals surface area contributed by atoms with Crippen molar-refractivity contribution in [2.45, 2.75) is 38.6 Å². The number of aromatic nitrogens is 2. The SMILES string of the molecule is Cc1[nH]nc(C(=O)N2CCCC(N3CCCC3)C2)c1N. The number of rotatable bonds is 2. The zero-order chi connectivity index (χ0) is 14.1. The molecule has 1 atom stereocenters. The van der Waals surface area contributed by atoms with Gasteiger partial charge in [0, 0.05) is 19.1 Å². The van der Waals surface area contributed by atoms with Crippen molar-refractivity contribution in [1.29, 1.82) is 0 Å². The van der Waals surface area contributed by atoms with Crippen molar-refractivity contribution < 1.29 is 4.79 Å². The van der Waals surface area contributed by atoms with E-state index >= 15 is 0 Å². The van der Waals surface area contributed by atoms with Crippen molar-refractivity contribution in [3.63, 3.8) is 0 Å². The number of nitrogens with zero attached hydrogens (tertiary/aromatic N) is 3. The monoisotopic (exact) mass is 277 g/mol. The normalized spacial score (nSPS) is 24.2. The van der Waals surface area contributed by atoms with Crippen LogP contribution in [0.1, 0.15) is 41.9 Å². The summed E-state index contributed by atoms with van der Waals surface area (Å²) in [7, 11) is 0. The third-order valence-electron chi connectivity index (χ3n) is 4.54. The van der Waals surface area contributed by atoms with Gasteiger partial charge in [-0.15, -0.1) is 0 Å². The molecule has 1 aromatic heterocycles. The average molecular weight is 277 g/mol. The summed E-state index contributed by atoms with van der Waals surface area (Å²) in [6.07, 6.45) is 4.83. The fourth-order valence-corrected chi connectivity index (χ4v) is 3.29. The minimum absolute atomic E-state index is 0.0317. The van der Waals surface area contributed by atoms with E-state index in [0.29, 0.717) is 17.4 Å². The molecule has 6 heteroatoms. The van der Waals surface area contributed by atoms with Crippen LogP contribution in [0.15, 0.2) is 0 Å². The maximum absolute atomic E-state index is 12.5. The van der Waals surface area contributed by atoms with Crippen LogP contribution in [0.3, 0.4) is 0 Å². The van der Waals surface area contributed by atoms with E-state index in [0.717, 1.165) is 25.2 Å². The Morgan fingerprint density at radius 3 is 2.70 bits per heavy atom. The molecule has 20 heavy (non-hydrogen) atoms. The standard InChI is InChI=1S/C14H23N5O/c1-10-12(15)13(17-16-10)14(20)19-8-4-5-11(9-19)18-6-2-3-7-18/h11H,2-9,15H2,1H3,(H,16,17). The Morgan fingerprint density at radius 1 is 1.30 bits per heavy atom. The smallest absolute Gasteiger partial charge is 0.276 e. The van der Waals surface area contributed by atoms with Gasteiger partial charge in [-0.2, -0.15) is 5.10 Å². The molecule has 1 amide bonds. The van der Waals surface area contributed by atoms with E-state index in [-0.39, 0.29) is 5.91 Å². The molecule has 0 spiro atoms. The molecule has 3 heterocycles. The molecule has 3 N–H and O–H groups in total. The lowest BCUT2D eigenvalue weighted by Gasteiger charge is -2.37. The highest BCUT2D eigenvalue weighted by atomic mass is 16.2. The van der Waals surface area contributed by atoms with E-state index in [2.05, 4.69) is 15.1 Å². The van der Waals surface area contributed by atoms with Crippen molar-refractivity contribution in [3.05, 3.63) is 11.4 Å². The molecule has 0 aromatic carbocycles. The molecule has 110 valence electrons. The number of hydrogen-bond acceptors (Lipinski definition) is 4. The quantitative estimate of drug-likeness (QED) is 0.845. The van der Waals surface area contributed by atoms with Gasteiger partial charge in [0.2, 0.25) is 0 Å². The first-order valence-corrected chi connectivity index (χ1v) is 7.50. The van der Waals surface area contributed by atoms with Crippen LogP contribution in [-0.4, -0.2) is 58.1 Å². The van der Waals surface area contributed by atoms with Gasteiger partial charge in [-0.3, -0.25) is 14.8 Å². The Morgan fingerprint density at radius 2 is 2.05 bits per heavy atom. The summed E-state index contributed by atoms with van der Waals surface area (Å²) in [5.41, 5.74) is 7.54. The number of hydrogen-bond donors (Lipinski definition) is 2. The molecule has 2 aliphatic heterocycles. The lowest BCUT2D eigenvalue weighted by atomic mass is 10.0. The summed E-state index contributed by atoms with van der Waals surface area (Å²) in [6.45, 7) is 5.81. The summed E-state index contributed by atoms with van der Waals surface area (Å²) in [5, 5.41) is 6.85. The van der Waals surface area contributed by atoms with Gasteiger partial charge < -0.3 is 10.6 Å². The number of amides is 1. The topological polar surface area (TPSA) is 78.2 Å². The Balaban J connectivity index is 1.70. The zero-order valence-electron chi connectivity index (χ0n) is 12.1. The van der Waals surface area contributed by atoms with Gasteiger partial charge in [0.15, 0.2) is 5.69 Å². The number of nitrogens with two attached hydrogens (primary N) is 1. The largest absolute Gasteiger partial charge is 0.395 e. The van der Waals surface area contributed by atoms with Crippen LogP contribution in [0.2, 0.25) is 0 Å². The van der Waals surface area contributed by atoms with Gasteiger partial charge in [-0.25, -0.2) is 0 Å². The van der Waals surface area contributed by atoms with Crippen LogP contribution in [0.25, 0.3) is 0 Å². The molecule has 0 radical (unpaired) electrons. The molecule has 2 aliphatic rings. The van der Waals surface area contributed by atoms with Crippen LogP contribution < -0.4 is 5.73 Å². The molecule has 1 unspecified atom stereocenters. The van der Waals surface area contributed by atoms with Crippen molar-refractivity contribution in [2.75, 3.05) is 31.9 Å². The van der Waals surface area contributed by atoms with Crippen LogP contribution in [0.5, 0.6) is 0 Å². The summed E-state index contributed by atoms with van der Waals surface area (Å²) in [5.74, 6) is -0.0317. The molecule has 2 saturated heterocycles. The van der Waals surface area contributed by atoms with Gasteiger partial charge in [0.1, 0.15) is 0 Å². The average Bonchev–Trinajstić information content (AvgIpc) is 3.10. The first-order valence-electron chi connectivity index (χ1n) is 7.50. The third-order valence-corrected chi connectivity index (χ3v) is 4.54. The van der Waals surface area contributed by atoms with Gasteiger partial charge >= 0.3 is 0 Å². The van der Waals surface area contributed by atoms with Crippen molar-refractivity contribution in [3.8, 4) is 0 Å². The van der Waals surface area contributed by atoms with Crippen LogP contribution in [-0.2, 0) is 0 Å². The molecular formula is C14H23N5O. The number of H-pyrrole nitrogens is 1. The second kappa shape index (κ2) is 5.44. The fourth-order valence-electron chi connectivity index (χ4n) is 3.29. The van der Waals surface area contributed by atoms with Crippen molar-refractivity contribution >= 4 is 11.6 Å². The van der Waals surface area contributed by atoms with Gasteiger partial charge in [0.05, 0.1) is 11.4 Å². The van der Waals surface area contributed by atoms with Gasteiger partial charge in [0.25, 0.3) is 5.91 Å². The van der Waals surface area contributed by atoms with E-state index < -0.39 is 0 Å². The number of piperidine rings is 1. The van der Waals surface area contributed by atoms with Crippen molar-refractivity contribution in [1.82, 2.24) is 20.0 Å². The predicted octanol–water partition coefficient (Wildman–Crippen LogP) is 1.00. The fraction of sp³-hybridized carbons (Fsp3) is 0.714. The van der Waals surface area contributed by atoms with Crippen LogP contribution in [0, 0.1) is 6.92 Å². The first-order chi connectivity index (χ1) is 9.66. The van der Waals surface area contributed by atoms with Gasteiger partial charge in [-0.05, 0) is 45.7 Å². The third kappa shape index (κ3) is 2.40. The van der Waals surface area contributed by atoms with Gasteiger partial charge in [-0.1, -0.05) is 0 Å². The number of carbonyl (C=O) groups is 1. The number of aryl methyl sites for hydroxylation is 1. The second-order valence-electron chi connectivity index (χ2n) is 5.90. The number of likely N-dealkylation sites (tertiary alicyclic amines) is 2. The highest BCUT2D eigenvalue weighted by Gasteiger charge is 2.31. The van der Waals surface area contributed by atoms with Crippen LogP contribution >= 0.6 is 0 Å². The van der Waals surface area contributed by atoms with E-state index in [9.17, 15) is 4.79 Å². The minimum atomic E-state index is -0.0317. The Labute approximate surface area is 119 Å². The molecular weight excluding hydrogens is 254 g/mol.